The number of ether oxygens (including phenoxy) is 2. The number of nitrogens with one attached hydrogen (secondary N) is 1. The van der Waals surface area contributed by atoms with E-state index in [1.54, 1.807) is 24.3 Å². The number of carbonyl (C=O) groups excluding carboxylic acids is 1. The van der Waals surface area contributed by atoms with Crippen LogP contribution in [0.25, 0.3) is 0 Å². The summed E-state index contributed by atoms with van der Waals surface area (Å²) in [5.74, 6) is 1.19. The van der Waals surface area contributed by atoms with Gasteiger partial charge < -0.3 is 14.8 Å². The van der Waals surface area contributed by atoms with Crippen molar-refractivity contribution in [2.45, 2.75) is 57.6 Å². The van der Waals surface area contributed by atoms with E-state index in [4.69, 9.17) is 9.47 Å². The predicted molar refractivity (Wildman–Crippen MR) is 130 cm³/mol. The predicted octanol–water partition coefficient (Wildman–Crippen LogP) is 4.44. The van der Waals surface area contributed by atoms with Crippen LogP contribution in [0.5, 0.6) is 11.5 Å². The van der Waals surface area contributed by atoms with Crippen LogP contribution >= 0.6 is 0 Å². The van der Waals surface area contributed by atoms with Gasteiger partial charge in [0.1, 0.15) is 17.1 Å². The van der Waals surface area contributed by atoms with Crippen LogP contribution in [0.15, 0.2) is 48.5 Å². The molecule has 0 bridgehead atoms. The fraction of sp³-hybridized carbons (Fsp3) is 0.480. The lowest BCUT2D eigenvalue weighted by Gasteiger charge is -2.41. The second-order valence-corrected chi connectivity index (χ2v) is 10.4. The van der Waals surface area contributed by atoms with Crippen molar-refractivity contribution in [1.29, 1.82) is 0 Å². The molecule has 1 heterocycles. The van der Waals surface area contributed by atoms with Crippen LogP contribution < -0.4 is 19.1 Å². The van der Waals surface area contributed by atoms with Crippen molar-refractivity contribution in [3.63, 3.8) is 0 Å². The van der Waals surface area contributed by atoms with Gasteiger partial charge in [-0.2, -0.15) is 0 Å². The van der Waals surface area contributed by atoms with Gasteiger partial charge >= 0.3 is 0 Å². The Morgan fingerprint density at radius 2 is 1.82 bits per heavy atom. The number of hydrogen-bond donors (Lipinski definition) is 1. The van der Waals surface area contributed by atoms with E-state index in [0.717, 1.165) is 30.4 Å². The first-order valence-corrected chi connectivity index (χ1v) is 13.3. The number of hydrogen-bond acceptors (Lipinski definition) is 5. The maximum absolute atomic E-state index is 12.9. The SMILES string of the molecule is CCC1(CC)C[C@@H](NC(=O)CCCN(c2ccccc2OC)S(C)(=O)=O)c2ccccc2O1. The second-order valence-electron chi connectivity index (χ2n) is 8.46. The van der Waals surface area contributed by atoms with Crippen LogP contribution in [0.3, 0.4) is 0 Å². The van der Waals surface area contributed by atoms with Crippen molar-refractivity contribution < 1.29 is 22.7 Å². The molecule has 0 saturated carbocycles. The van der Waals surface area contributed by atoms with Crippen molar-refractivity contribution in [2.24, 2.45) is 0 Å². The zero-order valence-electron chi connectivity index (χ0n) is 19.8. The molecule has 0 radical (unpaired) electrons. The Morgan fingerprint density at radius 3 is 2.48 bits per heavy atom. The van der Waals surface area contributed by atoms with Gasteiger partial charge in [-0.05, 0) is 37.5 Å². The fourth-order valence-corrected chi connectivity index (χ4v) is 5.35. The minimum atomic E-state index is -3.53. The number of rotatable bonds is 10. The minimum absolute atomic E-state index is 0.105. The highest BCUT2D eigenvalue weighted by molar-refractivity contribution is 7.92. The third kappa shape index (κ3) is 5.79. The quantitative estimate of drug-likeness (QED) is 0.550. The summed E-state index contributed by atoms with van der Waals surface area (Å²) in [5.41, 5.74) is 1.15. The molecule has 1 atom stereocenters. The van der Waals surface area contributed by atoms with E-state index in [2.05, 4.69) is 19.2 Å². The summed E-state index contributed by atoms with van der Waals surface area (Å²) in [7, 11) is -2.03. The van der Waals surface area contributed by atoms with Gasteiger partial charge in [0.25, 0.3) is 0 Å². The molecule has 0 aliphatic carbocycles. The molecule has 0 fully saturated rings. The van der Waals surface area contributed by atoms with E-state index in [1.807, 2.05) is 24.3 Å². The Labute approximate surface area is 197 Å². The van der Waals surface area contributed by atoms with E-state index in [1.165, 1.54) is 11.4 Å². The van der Waals surface area contributed by atoms with Gasteiger partial charge in [-0.25, -0.2) is 8.42 Å². The molecule has 8 heteroatoms. The van der Waals surface area contributed by atoms with Crippen LogP contribution in [-0.4, -0.2) is 39.8 Å². The molecule has 0 aromatic heterocycles. The highest BCUT2D eigenvalue weighted by Gasteiger charge is 2.38. The number of para-hydroxylation sites is 3. The summed E-state index contributed by atoms with van der Waals surface area (Å²) in [6, 6.07) is 14.7. The topological polar surface area (TPSA) is 84.9 Å². The lowest BCUT2D eigenvalue weighted by atomic mass is 9.83. The van der Waals surface area contributed by atoms with Crippen LogP contribution in [0.2, 0.25) is 0 Å². The van der Waals surface area contributed by atoms with Gasteiger partial charge in [-0.15, -0.1) is 0 Å². The van der Waals surface area contributed by atoms with Crippen molar-refractivity contribution in [1.82, 2.24) is 5.32 Å². The molecule has 7 nitrogen and oxygen atoms in total. The fourth-order valence-electron chi connectivity index (χ4n) is 4.38. The number of methoxy groups -OCH3 is 1. The number of amides is 1. The van der Waals surface area contributed by atoms with Crippen LogP contribution in [-0.2, 0) is 14.8 Å². The second kappa shape index (κ2) is 10.5. The van der Waals surface area contributed by atoms with Crippen LogP contribution in [0, 0.1) is 0 Å². The Bertz CT molecular complexity index is 1070. The molecule has 3 rings (SSSR count). The van der Waals surface area contributed by atoms with Crippen molar-refractivity contribution >= 4 is 21.6 Å². The monoisotopic (exact) mass is 474 g/mol. The van der Waals surface area contributed by atoms with Crippen molar-refractivity contribution in [2.75, 3.05) is 24.2 Å². The van der Waals surface area contributed by atoms with E-state index in [0.29, 0.717) is 24.3 Å². The molecule has 2 aromatic rings. The van der Waals surface area contributed by atoms with Gasteiger partial charge in [-0.1, -0.05) is 44.2 Å². The maximum atomic E-state index is 12.9. The van der Waals surface area contributed by atoms with Crippen molar-refractivity contribution in [3.8, 4) is 11.5 Å². The van der Waals surface area contributed by atoms with Gasteiger partial charge in [0.05, 0.1) is 25.1 Å². The Kier molecular flexibility index (Phi) is 7.89. The first-order valence-electron chi connectivity index (χ1n) is 11.4. The van der Waals surface area contributed by atoms with Gasteiger partial charge in [-0.3, -0.25) is 9.10 Å². The van der Waals surface area contributed by atoms with Crippen LogP contribution in [0.4, 0.5) is 5.69 Å². The molecule has 0 unspecified atom stereocenters. The first-order chi connectivity index (χ1) is 15.7. The van der Waals surface area contributed by atoms with Gasteiger partial charge in [0.15, 0.2) is 0 Å². The zero-order chi connectivity index (χ0) is 24.1. The minimum Gasteiger partial charge on any atom is -0.495 e. The molecule has 33 heavy (non-hydrogen) atoms. The maximum Gasteiger partial charge on any atom is 0.232 e. The van der Waals surface area contributed by atoms with Gasteiger partial charge in [0.2, 0.25) is 15.9 Å². The molecule has 1 aliphatic heterocycles. The third-order valence-electron chi connectivity index (χ3n) is 6.34. The molecule has 1 N–H and O–H groups in total. The van der Waals surface area contributed by atoms with Gasteiger partial charge in [0, 0.05) is 24.9 Å². The zero-order valence-corrected chi connectivity index (χ0v) is 20.7. The van der Waals surface area contributed by atoms with E-state index in [9.17, 15) is 13.2 Å². The Hall–Kier alpha value is -2.74. The van der Waals surface area contributed by atoms with E-state index < -0.39 is 10.0 Å². The van der Waals surface area contributed by atoms with E-state index >= 15 is 0 Å². The molecule has 0 spiro atoms. The lowest BCUT2D eigenvalue weighted by Crippen LogP contribution is -2.44. The molecule has 180 valence electrons. The standard InChI is InChI=1S/C25H34N2O5S/c1-5-25(6-2)18-20(19-12-7-9-14-22(19)32-25)26-24(28)16-11-17-27(33(4,29)30)21-13-8-10-15-23(21)31-3/h7-10,12-15,20H,5-6,11,16-18H2,1-4H3,(H,26,28)/t20-/m1/s1. The number of benzene rings is 2. The van der Waals surface area contributed by atoms with Crippen molar-refractivity contribution in [3.05, 3.63) is 54.1 Å². The summed E-state index contributed by atoms with van der Waals surface area (Å²) in [6.45, 7) is 4.40. The number of fused-ring (bicyclic) bond motifs is 1. The first kappa shape index (κ1) is 24.9. The molecule has 1 aliphatic rings. The Morgan fingerprint density at radius 1 is 1.15 bits per heavy atom. The number of anilines is 1. The highest BCUT2D eigenvalue weighted by Crippen LogP contribution is 2.42. The lowest BCUT2D eigenvalue weighted by molar-refractivity contribution is -0.122. The summed E-state index contributed by atoms with van der Waals surface area (Å²) >= 11 is 0. The van der Waals surface area contributed by atoms with E-state index in [-0.39, 0.29) is 30.5 Å². The normalized spacial score (nSPS) is 16.9. The van der Waals surface area contributed by atoms with Crippen LogP contribution in [0.1, 0.15) is 57.6 Å². The third-order valence-corrected chi connectivity index (χ3v) is 7.52. The average molecular weight is 475 g/mol. The summed E-state index contributed by atoms with van der Waals surface area (Å²) < 4.78 is 37.8. The molecular formula is C25H34N2O5S. The number of carbonyl (C=O) groups is 1. The Balaban J connectivity index is 1.68. The molecular weight excluding hydrogens is 440 g/mol. The number of nitrogens with zero attached hydrogens (tertiary/aromatic N) is 1. The largest absolute Gasteiger partial charge is 0.495 e. The number of sulfonamides is 1. The highest BCUT2D eigenvalue weighted by atomic mass is 32.2. The molecule has 0 saturated heterocycles. The summed E-state index contributed by atoms with van der Waals surface area (Å²) in [6.07, 6.45) is 4.17. The average Bonchev–Trinajstić information content (AvgIpc) is 2.81. The summed E-state index contributed by atoms with van der Waals surface area (Å²) in [5, 5.41) is 3.16. The molecule has 1 amide bonds. The molecule has 2 aromatic carbocycles. The smallest absolute Gasteiger partial charge is 0.232 e. The summed E-state index contributed by atoms with van der Waals surface area (Å²) in [4.78, 5) is 12.9.